The minimum Gasteiger partial charge on any atom is -0.304 e. The molecule has 1 saturated heterocycles. The summed E-state index contributed by atoms with van der Waals surface area (Å²) in [4.78, 5) is 17.2. The number of piperazine rings is 1. The maximum Gasteiger partial charge on any atom is 0.194 e. The van der Waals surface area contributed by atoms with Crippen LogP contribution in [0, 0.1) is 17.5 Å². The van der Waals surface area contributed by atoms with Gasteiger partial charge in [-0.05, 0) is 24.7 Å². The summed E-state index contributed by atoms with van der Waals surface area (Å²) >= 11 is 0. The molecule has 1 fully saturated rings. The van der Waals surface area contributed by atoms with Gasteiger partial charge in [-0.15, -0.1) is 0 Å². The third-order valence-electron chi connectivity index (χ3n) is 4.50. The van der Waals surface area contributed by atoms with Crippen LogP contribution in [0.25, 0.3) is 0 Å². The second-order valence-corrected chi connectivity index (χ2v) is 6.32. The molecule has 0 radical (unpaired) electrons. The summed E-state index contributed by atoms with van der Waals surface area (Å²) in [6.07, 6.45) is 0. The Morgan fingerprint density at radius 2 is 1.60 bits per heavy atom. The van der Waals surface area contributed by atoms with Crippen molar-refractivity contribution < 1.29 is 18.0 Å². The second kappa shape index (κ2) is 7.37. The molecule has 132 valence electrons. The Hall–Kier alpha value is -2.18. The molecular weight excluding hydrogens is 329 g/mol. The SMILES string of the molecule is CN1CCN(Cc2ccccc2C(=O)c2cc(F)c(F)c(F)c2)CC1. The van der Waals surface area contributed by atoms with Gasteiger partial charge in [0.15, 0.2) is 23.2 Å². The van der Waals surface area contributed by atoms with E-state index in [0.717, 1.165) is 43.9 Å². The van der Waals surface area contributed by atoms with Gasteiger partial charge in [0.25, 0.3) is 0 Å². The lowest BCUT2D eigenvalue weighted by Crippen LogP contribution is -2.44. The van der Waals surface area contributed by atoms with E-state index < -0.39 is 23.2 Å². The van der Waals surface area contributed by atoms with Crippen molar-refractivity contribution in [3.8, 4) is 0 Å². The molecule has 0 atom stereocenters. The summed E-state index contributed by atoms with van der Waals surface area (Å²) in [5, 5.41) is 0. The molecule has 0 saturated carbocycles. The van der Waals surface area contributed by atoms with Crippen molar-refractivity contribution in [2.45, 2.75) is 6.54 Å². The Balaban J connectivity index is 1.86. The Bertz CT molecular complexity index is 763. The van der Waals surface area contributed by atoms with Gasteiger partial charge in [0.1, 0.15) is 0 Å². The van der Waals surface area contributed by atoms with Gasteiger partial charge in [0.2, 0.25) is 0 Å². The Kier molecular flexibility index (Phi) is 5.20. The Morgan fingerprint density at radius 1 is 1.00 bits per heavy atom. The summed E-state index contributed by atoms with van der Waals surface area (Å²) < 4.78 is 40.0. The van der Waals surface area contributed by atoms with Crippen molar-refractivity contribution in [1.29, 1.82) is 0 Å². The van der Waals surface area contributed by atoms with Crippen LogP contribution in [0.3, 0.4) is 0 Å². The fourth-order valence-electron chi connectivity index (χ4n) is 2.97. The van der Waals surface area contributed by atoms with Crippen LogP contribution in [0.15, 0.2) is 36.4 Å². The number of rotatable bonds is 4. The molecule has 0 aromatic heterocycles. The highest BCUT2D eigenvalue weighted by molar-refractivity contribution is 6.09. The van der Waals surface area contributed by atoms with E-state index in [9.17, 15) is 18.0 Å². The molecule has 6 heteroatoms. The van der Waals surface area contributed by atoms with Crippen LogP contribution >= 0.6 is 0 Å². The van der Waals surface area contributed by atoms with Crippen molar-refractivity contribution in [3.63, 3.8) is 0 Å². The number of benzene rings is 2. The first-order chi connectivity index (χ1) is 12.0. The van der Waals surface area contributed by atoms with Gasteiger partial charge in [-0.1, -0.05) is 24.3 Å². The fraction of sp³-hybridized carbons (Fsp3) is 0.316. The van der Waals surface area contributed by atoms with Crippen LogP contribution in [-0.4, -0.2) is 48.8 Å². The van der Waals surface area contributed by atoms with E-state index in [0.29, 0.717) is 12.1 Å². The first-order valence-electron chi connectivity index (χ1n) is 8.14. The van der Waals surface area contributed by atoms with E-state index in [4.69, 9.17) is 0 Å². The average molecular weight is 348 g/mol. The highest BCUT2D eigenvalue weighted by atomic mass is 19.2. The van der Waals surface area contributed by atoms with Crippen molar-refractivity contribution in [2.24, 2.45) is 0 Å². The number of hydrogen-bond donors (Lipinski definition) is 0. The molecule has 0 N–H and O–H groups in total. The summed E-state index contributed by atoms with van der Waals surface area (Å²) in [5.74, 6) is -4.80. The molecular formula is C19H19F3N2O. The zero-order valence-electron chi connectivity index (χ0n) is 13.9. The molecule has 0 aliphatic carbocycles. The number of hydrogen-bond acceptors (Lipinski definition) is 3. The van der Waals surface area contributed by atoms with Gasteiger partial charge >= 0.3 is 0 Å². The first kappa shape index (κ1) is 17.6. The van der Waals surface area contributed by atoms with Gasteiger partial charge in [-0.2, -0.15) is 0 Å². The lowest BCUT2D eigenvalue weighted by atomic mass is 9.97. The summed E-state index contributed by atoms with van der Waals surface area (Å²) in [6, 6.07) is 8.49. The van der Waals surface area contributed by atoms with Crippen LogP contribution in [-0.2, 0) is 6.54 Å². The highest BCUT2D eigenvalue weighted by Gasteiger charge is 2.20. The molecule has 25 heavy (non-hydrogen) atoms. The van der Waals surface area contributed by atoms with Gasteiger partial charge < -0.3 is 4.90 Å². The molecule has 1 heterocycles. The van der Waals surface area contributed by atoms with Crippen LogP contribution in [0.5, 0.6) is 0 Å². The molecule has 0 amide bonds. The molecule has 2 aromatic carbocycles. The van der Waals surface area contributed by atoms with Crippen molar-refractivity contribution >= 4 is 5.78 Å². The monoisotopic (exact) mass is 348 g/mol. The lowest BCUT2D eigenvalue weighted by Gasteiger charge is -2.32. The smallest absolute Gasteiger partial charge is 0.194 e. The molecule has 3 rings (SSSR count). The van der Waals surface area contributed by atoms with Crippen LogP contribution in [0.2, 0.25) is 0 Å². The summed E-state index contributed by atoms with van der Waals surface area (Å²) in [6.45, 7) is 4.26. The third-order valence-corrected chi connectivity index (χ3v) is 4.50. The number of nitrogens with zero attached hydrogens (tertiary/aromatic N) is 2. The quantitative estimate of drug-likeness (QED) is 0.627. The average Bonchev–Trinajstić information content (AvgIpc) is 2.61. The molecule has 3 nitrogen and oxygen atoms in total. The van der Waals surface area contributed by atoms with Gasteiger partial charge in [-0.25, -0.2) is 13.2 Å². The van der Waals surface area contributed by atoms with E-state index in [-0.39, 0.29) is 5.56 Å². The largest absolute Gasteiger partial charge is 0.304 e. The number of halogens is 3. The number of likely N-dealkylation sites (N-methyl/N-ethyl adjacent to an activating group) is 1. The van der Waals surface area contributed by atoms with E-state index in [1.165, 1.54) is 0 Å². The molecule has 2 aromatic rings. The first-order valence-corrected chi connectivity index (χ1v) is 8.14. The molecule has 0 spiro atoms. The maximum absolute atomic E-state index is 13.4. The van der Waals surface area contributed by atoms with Gasteiger partial charge in [0.05, 0.1) is 0 Å². The number of carbonyl (C=O) groups excluding carboxylic acids is 1. The van der Waals surface area contributed by atoms with Crippen LogP contribution in [0.4, 0.5) is 13.2 Å². The Labute approximate surface area is 144 Å². The zero-order chi connectivity index (χ0) is 18.0. The maximum atomic E-state index is 13.4. The van der Waals surface area contributed by atoms with Crippen LogP contribution in [0.1, 0.15) is 21.5 Å². The lowest BCUT2D eigenvalue weighted by molar-refractivity contribution is 0.103. The van der Waals surface area contributed by atoms with Crippen molar-refractivity contribution in [2.75, 3.05) is 33.2 Å². The number of carbonyl (C=O) groups is 1. The van der Waals surface area contributed by atoms with E-state index >= 15 is 0 Å². The third kappa shape index (κ3) is 3.91. The fourth-order valence-corrected chi connectivity index (χ4v) is 2.97. The van der Waals surface area contributed by atoms with E-state index in [2.05, 4.69) is 16.8 Å². The topological polar surface area (TPSA) is 23.6 Å². The second-order valence-electron chi connectivity index (χ2n) is 6.32. The van der Waals surface area contributed by atoms with Gasteiger partial charge in [0, 0.05) is 43.9 Å². The van der Waals surface area contributed by atoms with Crippen molar-refractivity contribution in [1.82, 2.24) is 9.80 Å². The minimum absolute atomic E-state index is 0.192. The van der Waals surface area contributed by atoms with Gasteiger partial charge in [-0.3, -0.25) is 9.69 Å². The van der Waals surface area contributed by atoms with E-state index in [1.807, 2.05) is 12.1 Å². The van der Waals surface area contributed by atoms with E-state index in [1.54, 1.807) is 12.1 Å². The highest BCUT2D eigenvalue weighted by Crippen LogP contribution is 2.20. The summed E-state index contributed by atoms with van der Waals surface area (Å²) in [5.41, 5.74) is 0.983. The minimum atomic E-state index is -1.57. The summed E-state index contributed by atoms with van der Waals surface area (Å²) in [7, 11) is 2.06. The number of ketones is 1. The normalized spacial score (nSPS) is 16.2. The zero-order valence-corrected chi connectivity index (χ0v) is 13.9. The predicted octanol–water partition coefficient (Wildman–Crippen LogP) is 3.08. The predicted molar refractivity (Wildman–Crippen MR) is 89.0 cm³/mol. The van der Waals surface area contributed by atoms with Crippen molar-refractivity contribution in [3.05, 3.63) is 70.5 Å². The molecule has 0 bridgehead atoms. The molecule has 0 unspecified atom stereocenters. The standard InChI is InChI=1S/C19H19F3N2O/c1-23-6-8-24(9-7-23)12-13-4-2-3-5-15(13)19(25)14-10-16(20)18(22)17(21)11-14/h2-5,10-11H,6-9,12H2,1H3. The molecule has 1 aliphatic heterocycles. The molecule has 1 aliphatic rings. The van der Waals surface area contributed by atoms with Crippen LogP contribution < -0.4 is 0 Å². The Morgan fingerprint density at radius 3 is 2.24 bits per heavy atom.